The molecule has 0 aromatic heterocycles. The summed E-state index contributed by atoms with van der Waals surface area (Å²) in [4.78, 5) is 10.5. The Hall–Kier alpha value is -1.28. The van der Waals surface area contributed by atoms with Crippen molar-refractivity contribution in [2.24, 2.45) is 5.73 Å². The topological polar surface area (TPSA) is 95.7 Å². The molecule has 0 unspecified atom stereocenters. The second-order valence-electron chi connectivity index (χ2n) is 4.81. The largest absolute Gasteiger partial charge is 0.491 e. The molecule has 0 atom stereocenters. The van der Waals surface area contributed by atoms with Crippen molar-refractivity contribution >= 4 is 32.1 Å². The van der Waals surface area contributed by atoms with Gasteiger partial charge in [0.1, 0.15) is 10.6 Å². The summed E-state index contributed by atoms with van der Waals surface area (Å²) in [6, 6.07) is 2.75. The van der Waals surface area contributed by atoms with E-state index in [1.54, 1.807) is 0 Å². The number of benzene rings is 1. The molecule has 19 heavy (non-hydrogen) atoms. The summed E-state index contributed by atoms with van der Waals surface area (Å²) in [6.07, 6.45) is -1.37. The molecule has 0 aliphatic carbocycles. The zero-order valence-electron chi connectivity index (χ0n) is 10.3. The molecule has 1 aromatic rings. The molecule has 2 rings (SSSR count). The standard InChI is InChI=1S/C11H12BrNO5S/c1-11(2)5-17-9-7(11)3-6(4-8(9)12)19(15,16)18-10(13)14/h3-4H,5H2,1-2H3,(H2,13,14). The fourth-order valence-electron chi connectivity index (χ4n) is 1.85. The van der Waals surface area contributed by atoms with Crippen LogP contribution in [0.1, 0.15) is 19.4 Å². The number of primary amides is 1. The third kappa shape index (κ3) is 2.55. The zero-order chi connectivity index (χ0) is 14.4. The maximum Gasteiger partial charge on any atom is 0.420 e. The molecule has 8 heteroatoms. The number of carbonyl (C=O) groups is 1. The van der Waals surface area contributed by atoms with Gasteiger partial charge in [-0.2, -0.15) is 8.42 Å². The van der Waals surface area contributed by atoms with E-state index >= 15 is 0 Å². The molecule has 0 bridgehead atoms. The van der Waals surface area contributed by atoms with Crippen LogP contribution in [0, 0.1) is 0 Å². The molecule has 2 N–H and O–H groups in total. The lowest BCUT2D eigenvalue weighted by atomic mass is 9.87. The van der Waals surface area contributed by atoms with Crippen molar-refractivity contribution < 1.29 is 22.1 Å². The van der Waals surface area contributed by atoms with Crippen LogP contribution >= 0.6 is 15.9 Å². The number of hydrogen-bond acceptors (Lipinski definition) is 5. The van der Waals surface area contributed by atoms with Crippen LogP contribution in [0.3, 0.4) is 0 Å². The molecule has 0 spiro atoms. The van der Waals surface area contributed by atoms with E-state index in [9.17, 15) is 13.2 Å². The van der Waals surface area contributed by atoms with E-state index < -0.39 is 16.2 Å². The second-order valence-corrected chi connectivity index (χ2v) is 7.21. The molecule has 0 saturated heterocycles. The summed E-state index contributed by atoms with van der Waals surface area (Å²) in [5.74, 6) is 0.600. The quantitative estimate of drug-likeness (QED) is 0.822. The van der Waals surface area contributed by atoms with Crippen LogP contribution in [0.2, 0.25) is 0 Å². The van der Waals surface area contributed by atoms with Gasteiger partial charge in [-0.15, -0.1) is 0 Å². The lowest BCUT2D eigenvalue weighted by Crippen LogP contribution is -2.20. The van der Waals surface area contributed by atoms with Gasteiger partial charge in [0.15, 0.2) is 0 Å². The molecular weight excluding hydrogens is 338 g/mol. The number of halogens is 1. The van der Waals surface area contributed by atoms with Crippen molar-refractivity contribution in [2.75, 3.05) is 6.61 Å². The number of hydrogen-bond donors (Lipinski definition) is 1. The van der Waals surface area contributed by atoms with E-state index in [1.807, 2.05) is 13.8 Å². The summed E-state index contributed by atoms with van der Waals surface area (Å²) < 4.78 is 33.8. The number of amides is 1. The van der Waals surface area contributed by atoms with Crippen molar-refractivity contribution in [3.63, 3.8) is 0 Å². The molecule has 104 valence electrons. The molecule has 1 aromatic carbocycles. The average Bonchev–Trinajstić information content (AvgIpc) is 2.53. The number of nitrogens with two attached hydrogens (primary N) is 1. The SMILES string of the molecule is CC1(C)COc2c(Br)cc(S(=O)(=O)OC(N)=O)cc21. The Morgan fingerprint density at radius 1 is 1.47 bits per heavy atom. The van der Waals surface area contributed by atoms with Gasteiger partial charge in [-0.05, 0) is 28.1 Å². The predicted molar refractivity (Wildman–Crippen MR) is 70.5 cm³/mol. The lowest BCUT2D eigenvalue weighted by Gasteiger charge is -2.16. The summed E-state index contributed by atoms with van der Waals surface area (Å²) >= 11 is 3.25. The van der Waals surface area contributed by atoms with Crippen molar-refractivity contribution in [2.45, 2.75) is 24.2 Å². The van der Waals surface area contributed by atoms with E-state index in [0.717, 1.165) is 5.56 Å². The Kier molecular flexibility index (Phi) is 3.26. The first kappa shape index (κ1) is 14.1. The normalized spacial score (nSPS) is 16.6. The third-order valence-electron chi connectivity index (χ3n) is 2.80. The van der Waals surface area contributed by atoms with Gasteiger partial charge in [0.05, 0.1) is 11.1 Å². The minimum Gasteiger partial charge on any atom is -0.491 e. The molecule has 1 heterocycles. The monoisotopic (exact) mass is 349 g/mol. The molecule has 6 nitrogen and oxygen atoms in total. The van der Waals surface area contributed by atoms with Gasteiger partial charge in [-0.25, -0.2) is 4.79 Å². The van der Waals surface area contributed by atoms with E-state index in [1.165, 1.54) is 12.1 Å². The Bertz CT molecular complexity index is 653. The number of rotatable bonds is 2. The van der Waals surface area contributed by atoms with Crippen LogP contribution in [0.25, 0.3) is 0 Å². The Labute approximate surface area is 119 Å². The van der Waals surface area contributed by atoms with Crippen molar-refractivity contribution in [3.8, 4) is 5.75 Å². The van der Waals surface area contributed by atoms with E-state index in [-0.39, 0.29) is 10.3 Å². The highest BCUT2D eigenvalue weighted by atomic mass is 79.9. The van der Waals surface area contributed by atoms with Gasteiger partial charge in [0, 0.05) is 11.0 Å². The molecule has 1 aliphatic heterocycles. The molecule has 0 fully saturated rings. The van der Waals surface area contributed by atoms with Crippen LogP contribution in [0.15, 0.2) is 21.5 Å². The van der Waals surface area contributed by atoms with Crippen LogP contribution in [-0.4, -0.2) is 21.1 Å². The van der Waals surface area contributed by atoms with E-state index in [0.29, 0.717) is 16.8 Å². The first-order chi connectivity index (χ1) is 8.63. The van der Waals surface area contributed by atoms with Crippen molar-refractivity contribution in [1.29, 1.82) is 0 Å². The lowest BCUT2D eigenvalue weighted by molar-refractivity contribution is 0.212. The summed E-state index contributed by atoms with van der Waals surface area (Å²) in [7, 11) is -4.21. The number of carbonyl (C=O) groups excluding carboxylic acids is 1. The average molecular weight is 350 g/mol. The second kappa shape index (κ2) is 4.38. The molecule has 1 amide bonds. The molecule has 0 saturated carbocycles. The minimum atomic E-state index is -4.21. The Morgan fingerprint density at radius 3 is 2.68 bits per heavy atom. The van der Waals surface area contributed by atoms with Gasteiger partial charge in [0.25, 0.3) is 0 Å². The highest BCUT2D eigenvalue weighted by Crippen LogP contribution is 2.44. The first-order valence-corrected chi connectivity index (χ1v) is 7.54. The van der Waals surface area contributed by atoms with Crippen LogP contribution < -0.4 is 10.5 Å². The fraction of sp³-hybridized carbons (Fsp3) is 0.364. The predicted octanol–water partition coefficient (Wildman–Crippen LogP) is 1.90. The Balaban J connectivity index is 2.57. The Morgan fingerprint density at radius 2 is 2.11 bits per heavy atom. The maximum absolute atomic E-state index is 11.8. The van der Waals surface area contributed by atoms with Gasteiger partial charge in [-0.3, -0.25) is 0 Å². The minimum absolute atomic E-state index is 0.143. The fourth-order valence-corrected chi connectivity index (χ4v) is 3.41. The summed E-state index contributed by atoms with van der Waals surface area (Å²) in [5.41, 5.74) is 5.15. The number of ether oxygens (including phenoxy) is 1. The van der Waals surface area contributed by atoms with Gasteiger partial charge >= 0.3 is 16.2 Å². The van der Waals surface area contributed by atoms with Gasteiger partial charge in [-0.1, -0.05) is 13.8 Å². The van der Waals surface area contributed by atoms with Gasteiger partial charge < -0.3 is 14.7 Å². The molecule has 1 aliphatic rings. The van der Waals surface area contributed by atoms with Crippen molar-refractivity contribution in [3.05, 3.63) is 22.2 Å². The van der Waals surface area contributed by atoms with Crippen LogP contribution in [0.5, 0.6) is 5.75 Å². The highest BCUT2D eigenvalue weighted by Gasteiger charge is 2.35. The smallest absolute Gasteiger partial charge is 0.420 e. The summed E-state index contributed by atoms with van der Waals surface area (Å²) in [6.45, 7) is 4.30. The first-order valence-electron chi connectivity index (χ1n) is 5.34. The van der Waals surface area contributed by atoms with Crippen LogP contribution in [-0.2, 0) is 19.7 Å². The van der Waals surface area contributed by atoms with Gasteiger partial charge in [0.2, 0.25) is 0 Å². The van der Waals surface area contributed by atoms with Crippen molar-refractivity contribution in [1.82, 2.24) is 0 Å². The molecular formula is C11H12BrNO5S. The number of fused-ring (bicyclic) bond motifs is 1. The van der Waals surface area contributed by atoms with E-state index in [2.05, 4.69) is 20.1 Å². The van der Waals surface area contributed by atoms with E-state index in [4.69, 9.17) is 10.5 Å². The summed E-state index contributed by atoms with van der Waals surface area (Å²) in [5, 5.41) is 0. The third-order valence-corrected chi connectivity index (χ3v) is 4.59. The zero-order valence-corrected chi connectivity index (χ0v) is 12.7. The highest BCUT2D eigenvalue weighted by molar-refractivity contribution is 9.10. The maximum atomic E-state index is 11.8. The molecule has 0 radical (unpaired) electrons. The van der Waals surface area contributed by atoms with Crippen LogP contribution in [0.4, 0.5) is 4.79 Å².